The molecule has 0 aromatic heterocycles. The Morgan fingerprint density at radius 1 is 1.29 bits per heavy atom. The molecule has 1 N–H and O–H groups in total. The quantitative estimate of drug-likeness (QED) is 0.907. The summed E-state index contributed by atoms with van der Waals surface area (Å²) in [6.45, 7) is 1.80. The van der Waals surface area contributed by atoms with E-state index < -0.39 is 10.0 Å². The minimum atomic E-state index is -3.36. The number of nitriles is 1. The van der Waals surface area contributed by atoms with Gasteiger partial charge in [0.1, 0.15) is 11.8 Å². The van der Waals surface area contributed by atoms with Crippen LogP contribution in [-0.4, -0.2) is 20.3 Å². The molecule has 1 saturated carbocycles. The molecule has 1 aliphatic carbocycles. The Hall–Kier alpha value is -1.74. The summed E-state index contributed by atoms with van der Waals surface area (Å²) in [7, 11) is -3.36. The largest absolute Gasteiger partial charge is 0.479 e. The van der Waals surface area contributed by atoms with Gasteiger partial charge >= 0.3 is 0 Å². The number of rotatable bonds is 5. The van der Waals surface area contributed by atoms with E-state index in [-0.39, 0.29) is 11.9 Å². The molecular formula is C15H20N2O3S. The zero-order valence-electron chi connectivity index (χ0n) is 12.1. The van der Waals surface area contributed by atoms with Crippen LogP contribution in [0, 0.1) is 18.3 Å². The monoisotopic (exact) mass is 308 g/mol. The molecule has 2 rings (SSSR count). The fourth-order valence-electron chi connectivity index (χ4n) is 2.63. The number of benzene rings is 1. The Balaban J connectivity index is 2.14. The molecule has 5 nitrogen and oxygen atoms in total. The van der Waals surface area contributed by atoms with Crippen LogP contribution < -0.4 is 9.46 Å². The van der Waals surface area contributed by atoms with Gasteiger partial charge in [0.2, 0.25) is 10.0 Å². The van der Waals surface area contributed by atoms with Gasteiger partial charge in [-0.25, -0.2) is 8.42 Å². The van der Waals surface area contributed by atoms with Crippen LogP contribution in [-0.2, 0) is 10.0 Å². The molecule has 0 unspecified atom stereocenters. The lowest BCUT2D eigenvalue weighted by Crippen LogP contribution is -2.29. The third-order valence-electron chi connectivity index (χ3n) is 3.61. The SMILES string of the molecule is Cc1cc(NS(=O)(=O)C2CCCCC2)cc(OCC#N)c1. The standard InChI is InChI=1S/C15H20N2O3S/c1-12-9-13(11-14(10-12)20-8-7-16)17-21(18,19)15-5-3-2-4-6-15/h9-11,15,17H,2-6,8H2,1H3. The van der Waals surface area contributed by atoms with Gasteiger partial charge in [-0.3, -0.25) is 4.72 Å². The summed E-state index contributed by atoms with van der Waals surface area (Å²) in [5.74, 6) is 0.498. The van der Waals surface area contributed by atoms with E-state index in [4.69, 9.17) is 10.00 Å². The van der Waals surface area contributed by atoms with Crippen LogP contribution in [0.5, 0.6) is 5.75 Å². The van der Waals surface area contributed by atoms with E-state index in [0.29, 0.717) is 11.4 Å². The van der Waals surface area contributed by atoms with E-state index in [1.54, 1.807) is 18.2 Å². The molecule has 1 aromatic rings. The second-order valence-corrected chi connectivity index (χ2v) is 7.35. The van der Waals surface area contributed by atoms with Crippen molar-refractivity contribution in [1.82, 2.24) is 0 Å². The lowest BCUT2D eigenvalue weighted by molar-refractivity contribution is 0.368. The third-order valence-corrected chi connectivity index (χ3v) is 5.47. The van der Waals surface area contributed by atoms with Crippen molar-refractivity contribution in [3.05, 3.63) is 23.8 Å². The van der Waals surface area contributed by atoms with Crippen LogP contribution in [0.3, 0.4) is 0 Å². The number of anilines is 1. The maximum absolute atomic E-state index is 12.4. The molecule has 0 aliphatic heterocycles. The van der Waals surface area contributed by atoms with Crippen LogP contribution in [0.15, 0.2) is 18.2 Å². The van der Waals surface area contributed by atoms with Crippen LogP contribution in [0.2, 0.25) is 0 Å². The van der Waals surface area contributed by atoms with Crippen LogP contribution in [0.1, 0.15) is 37.7 Å². The first-order valence-electron chi connectivity index (χ1n) is 7.14. The molecule has 1 aromatic carbocycles. The van der Waals surface area contributed by atoms with Crippen molar-refractivity contribution in [3.8, 4) is 11.8 Å². The summed E-state index contributed by atoms with van der Waals surface area (Å²) in [6, 6.07) is 7.05. The fraction of sp³-hybridized carbons (Fsp3) is 0.533. The number of hydrogen-bond donors (Lipinski definition) is 1. The molecule has 21 heavy (non-hydrogen) atoms. The van der Waals surface area contributed by atoms with Crippen molar-refractivity contribution < 1.29 is 13.2 Å². The zero-order chi connectivity index (χ0) is 15.3. The second-order valence-electron chi connectivity index (χ2n) is 5.39. The predicted molar refractivity (Wildman–Crippen MR) is 81.7 cm³/mol. The molecule has 6 heteroatoms. The number of sulfonamides is 1. The summed E-state index contributed by atoms with van der Waals surface area (Å²) < 4.78 is 32.7. The molecule has 0 amide bonds. The highest BCUT2D eigenvalue weighted by atomic mass is 32.2. The highest BCUT2D eigenvalue weighted by Crippen LogP contribution is 2.27. The van der Waals surface area contributed by atoms with Crippen molar-refractivity contribution in [2.45, 2.75) is 44.3 Å². The number of ether oxygens (including phenoxy) is 1. The Morgan fingerprint density at radius 2 is 2.00 bits per heavy atom. The molecule has 114 valence electrons. The highest BCUT2D eigenvalue weighted by molar-refractivity contribution is 7.93. The minimum absolute atomic E-state index is 0.0573. The van der Waals surface area contributed by atoms with Gasteiger partial charge in [-0.2, -0.15) is 5.26 Å². The van der Waals surface area contributed by atoms with Crippen LogP contribution >= 0.6 is 0 Å². The van der Waals surface area contributed by atoms with Crippen molar-refractivity contribution >= 4 is 15.7 Å². The van der Waals surface area contributed by atoms with Crippen molar-refractivity contribution in [1.29, 1.82) is 5.26 Å². The van der Waals surface area contributed by atoms with E-state index in [1.165, 1.54) is 0 Å². The predicted octanol–water partition coefficient (Wildman–Crippen LogP) is 2.97. The summed E-state index contributed by atoms with van der Waals surface area (Å²) in [4.78, 5) is 0. The number of aryl methyl sites for hydroxylation is 1. The first-order valence-corrected chi connectivity index (χ1v) is 8.69. The molecule has 0 saturated heterocycles. The summed E-state index contributed by atoms with van der Waals surface area (Å²) >= 11 is 0. The van der Waals surface area contributed by atoms with Crippen molar-refractivity contribution in [2.24, 2.45) is 0 Å². The minimum Gasteiger partial charge on any atom is -0.479 e. The molecule has 0 radical (unpaired) electrons. The van der Waals surface area contributed by atoms with Gasteiger partial charge in [0.25, 0.3) is 0 Å². The van der Waals surface area contributed by atoms with Gasteiger partial charge in [0, 0.05) is 6.07 Å². The number of nitrogens with zero attached hydrogens (tertiary/aromatic N) is 1. The molecular weight excluding hydrogens is 288 g/mol. The lowest BCUT2D eigenvalue weighted by atomic mass is 10.0. The molecule has 0 atom stereocenters. The Bertz CT molecular complexity index is 629. The van der Waals surface area contributed by atoms with Gasteiger partial charge in [-0.1, -0.05) is 19.3 Å². The van der Waals surface area contributed by atoms with Gasteiger partial charge in [0.05, 0.1) is 10.9 Å². The highest BCUT2D eigenvalue weighted by Gasteiger charge is 2.27. The van der Waals surface area contributed by atoms with Gasteiger partial charge in [-0.15, -0.1) is 0 Å². The van der Waals surface area contributed by atoms with Gasteiger partial charge in [0.15, 0.2) is 6.61 Å². The topological polar surface area (TPSA) is 79.2 Å². The fourth-order valence-corrected chi connectivity index (χ4v) is 4.20. The first-order chi connectivity index (χ1) is 10.0. The molecule has 0 bridgehead atoms. The molecule has 0 heterocycles. The second kappa shape index (κ2) is 6.81. The van der Waals surface area contributed by atoms with Gasteiger partial charge in [-0.05, 0) is 37.5 Å². The third kappa shape index (κ3) is 4.36. The van der Waals surface area contributed by atoms with E-state index in [2.05, 4.69) is 4.72 Å². The number of hydrogen-bond acceptors (Lipinski definition) is 4. The average Bonchev–Trinajstić information content (AvgIpc) is 2.45. The molecule has 1 aliphatic rings. The normalized spacial score (nSPS) is 16.2. The van der Waals surface area contributed by atoms with Crippen molar-refractivity contribution in [3.63, 3.8) is 0 Å². The van der Waals surface area contributed by atoms with E-state index in [9.17, 15) is 8.42 Å². The van der Waals surface area contributed by atoms with Crippen molar-refractivity contribution in [2.75, 3.05) is 11.3 Å². The van der Waals surface area contributed by atoms with Crippen LogP contribution in [0.25, 0.3) is 0 Å². The smallest absolute Gasteiger partial charge is 0.235 e. The average molecular weight is 308 g/mol. The Morgan fingerprint density at radius 3 is 2.67 bits per heavy atom. The summed E-state index contributed by atoms with van der Waals surface area (Å²) in [6.07, 6.45) is 4.49. The van der Waals surface area contributed by atoms with E-state index in [1.807, 2.05) is 13.0 Å². The maximum Gasteiger partial charge on any atom is 0.235 e. The summed E-state index contributed by atoms with van der Waals surface area (Å²) in [5, 5.41) is 8.23. The first kappa shape index (κ1) is 15.6. The molecule has 0 spiro atoms. The van der Waals surface area contributed by atoms with E-state index in [0.717, 1.165) is 37.7 Å². The maximum atomic E-state index is 12.4. The van der Waals surface area contributed by atoms with E-state index >= 15 is 0 Å². The molecule has 1 fully saturated rings. The number of nitrogens with one attached hydrogen (secondary N) is 1. The van der Waals surface area contributed by atoms with Gasteiger partial charge < -0.3 is 4.74 Å². The summed E-state index contributed by atoms with van der Waals surface area (Å²) in [5.41, 5.74) is 1.38. The lowest BCUT2D eigenvalue weighted by Gasteiger charge is -2.22. The zero-order valence-corrected chi connectivity index (χ0v) is 12.9. The van der Waals surface area contributed by atoms with Crippen LogP contribution in [0.4, 0.5) is 5.69 Å². The Kier molecular flexibility index (Phi) is 5.07. The Labute approximate surface area is 126 Å².